The SMILES string of the molecule is N#Cc1cccnc1-c1ccc(Br)cc1. The van der Waals surface area contributed by atoms with Crippen LogP contribution in [0.1, 0.15) is 5.56 Å². The van der Waals surface area contributed by atoms with E-state index in [0.29, 0.717) is 5.56 Å². The second kappa shape index (κ2) is 4.24. The highest BCUT2D eigenvalue weighted by atomic mass is 79.9. The molecule has 0 aliphatic carbocycles. The third kappa shape index (κ3) is 2.05. The van der Waals surface area contributed by atoms with Crippen molar-refractivity contribution in [2.75, 3.05) is 0 Å². The number of pyridine rings is 1. The number of benzene rings is 1. The van der Waals surface area contributed by atoms with E-state index in [2.05, 4.69) is 27.0 Å². The molecular formula is C12H7BrN2. The van der Waals surface area contributed by atoms with Crippen molar-refractivity contribution in [1.82, 2.24) is 4.98 Å². The normalized spacial score (nSPS) is 9.60. The summed E-state index contributed by atoms with van der Waals surface area (Å²) in [6.07, 6.45) is 1.69. The summed E-state index contributed by atoms with van der Waals surface area (Å²) in [6.45, 7) is 0. The Morgan fingerprint density at radius 3 is 2.53 bits per heavy atom. The first kappa shape index (κ1) is 9.88. The smallest absolute Gasteiger partial charge is 0.101 e. The van der Waals surface area contributed by atoms with Crippen molar-refractivity contribution in [3.8, 4) is 17.3 Å². The molecule has 0 unspecified atom stereocenters. The molecule has 2 nitrogen and oxygen atoms in total. The van der Waals surface area contributed by atoms with Crippen LogP contribution < -0.4 is 0 Å². The van der Waals surface area contributed by atoms with Crippen molar-refractivity contribution in [2.24, 2.45) is 0 Å². The van der Waals surface area contributed by atoms with Crippen LogP contribution >= 0.6 is 15.9 Å². The van der Waals surface area contributed by atoms with Crippen LogP contribution in [0.5, 0.6) is 0 Å². The van der Waals surface area contributed by atoms with E-state index in [1.54, 1.807) is 18.3 Å². The lowest BCUT2D eigenvalue weighted by Gasteiger charge is -2.02. The topological polar surface area (TPSA) is 36.7 Å². The van der Waals surface area contributed by atoms with Gasteiger partial charge in [0.05, 0.1) is 11.3 Å². The van der Waals surface area contributed by atoms with E-state index >= 15 is 0 Å². The van der Waals surface area contributed by atoms with Gasteiger partial charge in [-0.25, -0.2) is 0 Å². The van der Waals surface area contributed by atoms with Crippen LogP contribution in [0.4, 0.5) is 0 Å². The Morgan fingerprint density at radius 1 is 1.13 bits per heavy atom. The summed E-state index contributed by atoms with van der Waals surface area (Å²) in [7, 11) is 0. The largest absolute Gasteiger partial charge is 0.255 e. The summed E-state index contributed by atoms with van der Waals surface area (Å²) in [5.74, 6) is 0. The van der Waals surface area contributed by atoms with Crippen molar-refractivity contribution in [1.29, 1.82) is 5.26 Å². The number of nitriles is 1. The van der Waals surface area contributed by atoms with E-state index in [0.717, 1.165) is 15.7 Å². The Hall–Kier alpha value is -1.66. The van der Waals surface area contributed by atoms with Gasteiger partial charge in [0, 0.05) is 16.2 Å². The summed E-state index contributed by atoms with van der Waals surface area (Å²) < 4.78 is 1.01. The Morgan fingerprint density at radius 2 is 1.87 bits per heavy atom. The highest BCUT2D eigenvalue weighted by Gasteiger charge is 2.04. The fourth-order valence-electron chi connectivity index (χ4n) is 1.33. The zero-order valence-corrected chi connectivity index (χ0v) is 9.40. The Balaban J connectivity index is 2.55. The monoisotopic (exact) mass is 258 g/mol. The minimum Gasteiger partial charge on any atom is -0.255 e. The fourth-order valence-corrected chi connectivity index (χ4v) is 1.60. The third-order valence-electron chi connectivity index (χ3n) is 2.05. The predicted molar refractivity (Wildman–Crippen MR) is 62.1 cm³/mol. The van der Waals surface area contributed by atoms with Gasteiger partial charge in [0.25, 0.3) is 0 Å². The lowest BCUT2D eigenvalue weighted by Crippen LogP contribution is -1.87. The van der Waals surface area contributed by atoms with E-state index in [1.165, 1.54) is 0 Å². The third-order valence-corrected chi connectivity index (χ3v) is 2.57. The molecule has 0 saturated carbocycles. The molecule has 72 valence electrons. The van der Waals surface area contributed by atoms with Crippen LogP contribution in [0, 0.1) is 11.3 Å². The summed E-state index contributed by atoms with van der Waals surface area (Å²) >= 11 is 3.37. The molecule has 15 heavy (non-hydrogen) atoms. The van der Waals surface area contributed by atoms with Crippen LogP contribution in [0.3, 0.4) is 0 Å². The maximum Gasteiger partial charge on any atom is 0.101 e. The van der Waals surface area contributed by atoms with Crippen LogP contribution in [-0.2, 0) is 0 Å². The molecule has 1 aromatic heterocycles. The first-order chi connectivity index (χ1) is 7.31. The number of hydrogen-bond acceptors (Lipinski definition) is 2. The molecule has 3 heteroatoms. The first-order valence-electron chi connectivity index (χ1n) is 4.42. The lowest BCUT2D eigenvalue weighted by atomic mass is 10.1. The van der Waals surface area contributed by atoms with Crippen LogP contribution in [0.25, 0.3) is 11.3 Å². The van der Waals surface area contributed by atoms with E-state index in [4.69, 9.17) is 5.26 Å². The van der Waals surface area contributed by atoms with Crippen LogP contribution in [0.15, 0.2) is 47.1 Å². The maximum absolute atomic E-state index is 8.94. The van der Waals surface area contributed by atoms with Crippen molar-refractivity contribution >= 4 is 15.9 Å². The molecular weight excluding hydrogens is 252 g/mol. The van der Waals surface area contributed by atoms with E-state index in [1.807, 2.05) is 24.3 Å². The van der Waals surface area contributed by atoms with Gasteiger partial charge in [-0.05, 0) is 24.3 Å². The van der Waals surface area contributed by atoms with Gasteiger partial charge in [0.15, 0.2) is 0 Å². The van der Waals surface area contributed by atoms with Gasteiger partial charge >= 0.3 is 0 Å². The van der Waals surface area contributed by atoms with Crippen molar-refractivity contribution in [3.63, 3.8) is 0 Å². The van der Waals surface area contributed by atoms with E-state index in [-0.39, 0.29) is 0 Å². The van der Waals surface area contributed by atoms with E-state index < -0.39 is 0 Å². The first-order valence-corrected chi connectivity index (χ1v) is 5.21. The number of rotatable bonds is 1. The zero-order valence-electron chi connectivity index (χ0n) is 7.81. The van der Waals surface area contributed by atoms with Crippen molar-refractivity contribution < 1.29 is 0 Å². The molecule has 0 N–H and O–H groups in total. The van der Waals surface area contributed by atoms with Gasteiger partial charge in [0.1, 0.15) is 6.07 Å². The lowest BCUT2D eigenvalue weighted by molar-refractivity contribution is 1.30. The van der Waals surface area contributed by atoms with Gasteiger partial charge in [-0.3, -0.25) is 4.98 Å². The molecule has 2 rings (SSSR count). The average molecular weight is 259 g/mol. The number of hydrogen-bond donors (Lipinski definition) is 0. The van der Waals surface area contributed by atoms with Gasteiger partial charge in [-0.15, -0.1) is 0 Å². The summed E-state index contributed by atoms with van der Waals surface area (Å²) in [5, 5.41) is 8.94. The molecule has 0 bridgehead atoms. The maximum atomic E-state index is 8.94. The molecule has 2 aromatic rings. The van der Waals surface area contributed by atoms with Crippen LogP contribution in [-0.4, -0.2) is 4.98 Å². The molecule has 0 aliphatic rings. The molecule has 0 radical (unpaired) electrons. The highest BCUT2D eigenvalue weighted by molar-refractivity contribution is 9.10. The molecule has 0 saturated heterocycles. The van der Waals surface area contributed by atoms with Gasteiger partial charge in [0.2, 0.25) is 0 Å². The minimum atomic E-state index is 0.597. The predicted octanol–water partition coefficient (Wildman–Crippen LogP) is 3.38. The van der Waals surface area contributed by atoms with E-state index in [9.17, 15) is 0 Å². The summed E-state index contributed by atoms with van der Waals surface area (Å²) in [5.41, 5.74) is 2.28. The zero-order chi connectivity index (χ0) is 10.7. The average Bonchev–Trinajstić information content (AvgIpc) is 2.30. The number of aromatic nitrogens is 1. The molecule has 1 heterocycles. The van der Waals surface area contributed by atoms with Crippen LogP contribution in [0.2, 0.25) is 0 Å². The van der Waals surface area contributed by atoms with Gasteiger partial charge in [-0.1, -0.05) is 28.1 Å². The Labute approximate surface area is 96.3 Å². The second-order valence-electron chi connectivity index (χ2n) is 3.02. The quantitative estimate of drug-likeness (QED) is 0.787. The Kier molecular flexibility index (Phi) is 2.79. The molecule has 0 atom stereocenters. The summed E-state index contributed by atoms with van der Waals surface area (Å²) in [4.78, 5) is 4.21. The van der Waals surface area contributed by atoms with Crippen molar-refractivity contribution in [3.05, 3.63) is 52.6 Å². The fraction of sp³-hybridized carbons (Fsp3) is 0. The molecule has 0 aliphatic heterocycles. The van der Waals surface area contributed by atoms with Gasteiger partial charge < -0.3 is 0 Å². The molecule has 0 fully saturated rings. The van der Waals surface area contributed by atoms with Crippen molar-refractivity contribution in [2.45, 2.75) is 0 Å². The standard InChI is InChI=1S/C12H7BrN2/c13-11-5-3-9(4-6-11)12-10(8-14)2-1-7-15-12/h1-7H. The van der Waals surface area contributed by atoms with Gasteiger partial charge in [-0.2, -0.15) is 5.26 Å². The molecule has 1 aromatic carbocycles. The summed E-state index contributed by atoms with van der Waals surface area (Å²) in [6, 6.07) is 13.4. The second-order valence-corrected chi connectivity index (χ2v) is 3.93. The number of halogens is 1. The highest BCUT2D eigenvalue weighted by Crippen LogP contribution is 2.22. The molecule has 0 spiro atoms. The minimum absolute atomic E-state index is 0.597. The Bertz CT molecular complexity index is 512. The number of nitrogens with zero attached hydrogens (tertiary/aromatic N) is 2. The molecule has 0 amide bonds.